The Balaban J connectivity index is 1.73. The number of Topliss-reactive ketones (excluding diaryl/α,β-unsaturated/α-hetero) is 1. The Morgan fingerprint density at radius 3 is 2.37 bits per heavy atom. The molecule has 0 aliphatic heterocycles. The maximum Gasteiger partial charge on any atom is 0.306 e. The topological polar surface area (TPSA) is 96.7 Å². The Bertz CT molecular complexity index is 888. The zero-order valence-corrected chi connectivity index (χ0v) is 16.9. The summed E-state index contributed by atoms with van der Waals surface area (Å²) in [7, 11) is 0. The van der Waals surface area contributed by atoms with Gasteiger partial charge in [-0.3, -0.25) is 14.4 Å². The first kappa shape index (κ1) is 22.6. The van der Waals surface area contributed by atoms with Crippen LogP contribution in [0, 0.1) is 11.3 Å². The summed E-state index contributed by atoms with van der Waals surface area (Å²) < 4.78 is 10.6. The number of ether oxygens (including phenoxy) is 2. The van der Waals surface area contributed by atoms with Crippen molar-refractivity contribution in [1.29, 1.82) is 5.26 Å². The lowest BCUT2D eigenvalue weighted by Gasteiger charge is -2.21. The van der Waals surface area contributed by atoms with E-state index in [1.807, 2.05) is 12.1 Å². The van der Waals surface area contributed by atoms with Crippen molar-refractivity contribution in [2.45, 2.75) is 26.2 Å². The number of amides is 1. The molecule has 2 aromatic carbocycles. The number of nitrogens with zero attached hydrogens (tertiary/aromatic N) is 2. The highest BCUT2D eigenvalue weighted by Crippen LogP contribution is 2.15. The lowest BCUT2D eigenvalue weighted by Crippen LogP contribution is -2.35. The van der Waals surface area contributed by atoms with Gasteiger partial charge in [0.2, 0.25) is 0 Å². The zero-order valence-electron chi connectivity index (χ0n) is 16.9. The van der Waals surface area contributed by atoms with Crippen LogP contribution in [0.1, 0.15) is 36.5 Å². The molecule has 0 atom stereocenters. The Morgan fingerprint density at radius 1 is 1.03 bits per heavy atom. The second kappa shape index (κ2) is 12.0. The van der Waals surface area contributed by atoms with Crippen LogP contribution in [0.2, 0.25) is 0 Å². The van der Waals surface area contributed by atoms with Crippen molar-refractivity contribution >= 4 is 23.3 Å². The van der Waals surface area contributed by atoms with Gasteiger partial charge in [-0.15, -0.1) is 0 Å². The zero-order chi connectivity index (χ0) is 21.8. The van der Waals surface area contributed by atoms with Crippen LogP contribution in [0.4, 0.5) is 5.69 Å². The summed E-state index contributed by atoms with van der Waals surface area (Å²) in [5.74, 6) is -0.282. The van der Waals surface area contributed by atoms with Gasteiger partial charge in [-0.25, -0.2) is 0 Å². The number of anilines is 1. The predicted octanol–water partition coefficient (Wildman–Crippen LogP) is 3.54. The number of benzene rings is 2. The van der Waals surface area contributed by atoms with Crippen molar-refractivity contribution < 1.29 is 23.9 Å². The van der Waals surface area contributed by atoms with E-state index in [4.69, 9.17) is 14.7 Å². The van der Waals surface area contributed by atoms with Crippen LogP contribution in [0.3, 0.4) is 0 Å². The van der Waals surface area contributed by atoms with Crippen molar-refractivity contribution in [3.63, 3.8) is 0 Å². The third-order valence-electron chi connectivity index (χ3n) is 4.23. The molecule has 156 valence electrons. The fourth-order valence-electron chi connectivity index (χ4n) is 2.65. The van der Waals surface area contributed by atoms with Crippen molar-refractivity contribution in [2.75, 3.05) is 24.7 Å². The van der Waals surface area contributed by atoms with Crippen LogP contribution < -0.4 is 9.64 Å². The van der Waals surface area contributed by atoms with Crippen LogP contribution in [0.25, 0.3) is 0 Å². The number of rotatable bonds is 11. The molecule has 7 heteroatoms. The van der Waals surface area contributed by atoms with E-state index in [0.717, 1.165) is 0 Å². The van der Waals surface area contributed by atoms with Gasteiger partial charge < -0.3 is 14.4 Å². The van der Waals surface area contributed by atoms with E-state index in [-0.39, 0.29) is 37.7 Å². The summed E-state index contributed by atoms with van der Waals surface area (Å²) in [6.45, 7) is 1.65. The normalized spacial score (nSPS) is 10.0. The Labute approximate surface area is 175 Å². The summed E-state index contributed by atoms with van der Waals surface area (Å²) in [4.78, 5) is 37.0. The molecule has 0 aromatic heterocycles. The molecule has 2 rings (SSSR count). The largest absolute Gasteiger partial charge is 0.494 e. The van der Waals surface area contributed by atoms with Gasteiger partial charge in [0.1, 0.15) is 5.75 Å². The average molecular weight is 408 g/mol. The molecule has 0 saturated carbocycles. The summed E-state index contributed by atoms with van der Waals surface area (Å²) in [6, 6.07) is 17.7. The van der Waals surface area contributed by atoms with E-state index < -0.39 is 5.97 Å². The molecule has 0 spiro atoms. The van der Waals surface area contributed by atoms with Crippen LogP contribution in [-0.4, -0.2) is 37.4 Å². The highest BCUT2D eigenvalue weighted by molar-refractivity contribution is 5.95. The molecule has 1 amide bonds. The minimum atomic E-state index is -0.493. The van der Waals surface area contributed by atoms with E-state index >= 15 is 0 Å². The van der Waals surface area contributed by atoms with Crippen LogP contribution in [0.5, 0.6) is 5.75 Å². The molecule has 0 fully saturated rings. The molecule has 0 unspecified atom stereocenters. The van der Waals surface area contributed by atoms with Crippen molar-refractivity contribution in [3.05, 3.63) is 60.2 Å². The molecule has 0 radical (unpaired) electrons. The molecular formula is C23H24N2O5. The standard InChI is InChI=1S/C23H24N2O5/c1-18(26)19-10-12-21(13-11-19)29-16-5-9-23(28)30-17-22(27)25(15-6-14-24)20-7-3-2-4-8-20/h2-4,7-8,10-13H,5-6,9,15-17H2,1H3. The SMILES string of the molecule is CC(=O)c1ccc(OCCCC(=O)OCC(=O)N(CCC#N)c2ccccc2)cc1. The number of carbonyl (C=O) groups excluding carboxylic acids is 3. The molecular weight excluding hydrogens is 384 g/mol. The van der Waals surface area contributed by atoms with Crippen LogP contribution in [-0.2, 0) is 14.3 Å². The summed E-state index contributed by atoms with van der Waals surface area (Å²) >= 11 is 0. The second-order valence-corrected chi connectivity index (χ2v) is 6.48. The maximum atomic E-state index is 12.4. The second-order valence-electron chi connectivity index (χ2n) is 6.48. The van der Waals surface area contributed by atoms with E-state index in [9.17, 15) is 14.4 Å². The van der Waals surface area contributed by atoms with Gasteiger partial charge in [-0.1, -0.05) is 18.2 Å². The average Bonchev–Trinajstić information content (AvgIpc) is 2.76. The number of esters is 1. The fraction of sp³-hybridized carbons (Fsp3) is 0.304. The minimum absolute atomic E-state index is 0.0164. The predicted molar refractivity (Wildman–Crippen MR) is 111 cm³/mol. The number of hydrogen-bond acceptors (Lipinski definition) is 6. The number of hydrogen-bond donors (Lipinski definition) is 0. The number of ketones is 1. The maximum absolute atomic E-state index is 12.4. The quantitative estimate of drug-likeness (QED) is 0.320. The van der Waals surface area contributed by atoms with Crippen molar-refractivity contribution in [1.82, 2.24) is 0 Å². The van der Waals surface area contributed by atoms with Crippen molar-refractivity contribution in [3.8, 4) is 11.8 Å². The Kier molecular flexibility index (Phi) is 9.07. The summed E-state index contributed by atoms with van der Waals surface area (Å²) in [5, 5.41) is 8.80. The van der Waals surface area contributed by atoms with E-state index in [2.05, 4.69) is 0 Å². The Morgan fingerprint density at radius 2 is 1.73 bits per heavy atom. The molecule has 0 saturated heterocycles. The summed E-state index contributed by atoms with van der Waals surface area (Å²) in [6.07, 6.45) is 0.722. The Hall–Kier alpha value is -3.66. The van der Waals surface area contributed by atoms with E-state index in [1.165, 1.54) is 11.8 Å². The van der Waals surface area contributed by atoms with Gasteiger partial charge in [-0.2, -0.15) is 5.26 Å². The fourth-order valence-corrected chi connectivity index (χ4v) is 2.65. The van der Waals surface area contributed by atoms with Gasteiger partial charge in [0.25, 0.3) is 5.91 Å². The highest BCUT2D eigenvalue weighted by atomic mass is 16.5. The van der Waals surface area contributed by atoms with Gasteiger partial charge in [0.15, 0.2) is 12.4 Å². The van der Waals surface area contributed by atoms with Gasteiger partial charge in [0.05, 0.1) is 19.1 Å². The molecule has 7 nitrogen and oxygen atoms in total. The minimum Gasteiger partial charge on any atom is -0.494 e. The first-order valence-corrected chi connectivity index (χ1v) is 9.63. The molecule has 0 bridgehead atoms. The first-order valence-electron chi connectivity index (χ1n) is 9.63. The number of nitriles is 1. The van der Waals surface area contributed by atoms with Gasteiger partial charge in [0, 0.05) is 24.2 Å². The van der Waals surface area contributed by atoms with Gasteiger partial charge in [-0.05, 0) is 49.7 Å². The van der Waals surface area contributed by atoms with Crippen molar-refractivity contribution in [2.24, 2.45) is 0 Å². The van der Waals surface area contributed by atoms with E-state index in [1.54, 1.807) is 48.5 Å². The lowest BCUT2D eigenvalue weighted by molar-refractivity contribution is -0.148. The molecule has 0 aliphatic carbocycles. The molecule has 30 heavy (non-hydrogen) atoms. The summed E-state index contributed by atoms with van der Waals surface area (Å²) in [5.41, 5.74) is 1.26. The molecule has 0 N–H and O–H groups in total. The smallest absolute Gasteiger partial charge is 0.306 e. The molecule has 0 heterocycles. The first-order chi connectivity index (χ1) is 14.5. The number of carbonyl (C=O) groups is 3. The highest BCUT2D eigenvalue weighted by Gasteiger charge is 2.17. The van der Waals surface area contributed by atoms with Crippen LogP contribution in [0.15, 0.2) is 54.6 Å². The third kappa shape index (κ3) is 7.40. The third-order valence-corrected chi connectivity index (χ3v) is 4.23. The molecule has 2 aromatic rings. The van der Waals surface area contributed by atoms with Gasteiger partial charge >= 0.3 is 5.97 Å². The van der Waals surface area contributed by atoms with Crippen LogP contribution >= 0.6 is 0 Å². The molecule has 0 aliphatic rings. The monoisotopic (exact) mass is 408 g/mol. The lowest BCUT2D eigenvalue weighted by atomic mass is 10.1. The van der Waals surface area contributed by atoms with E-state index in [0.29, 0.717) is 30.0 Å². The number of para-hydroxylation sites is 1.